The summed E-state index contributed by atoms with van der Waals surface area (Å²) in [5.74, 6) is -0.442. The number of methoxy groups -OCH3 is 1. The first-order chi connectivity index (χ1) is 7.15. The number of aromatic amines is 1. The molecule has 0 spiro atoms. The first-order valence-corrected chi connectivity index (χ1v) is 5.21. The first kappa shape index (κ1) is 10.4. The molecule has 1 N–H and O–H groups in total. The van der Waals surface area contributed by atoms with Gasteiger partial charge in [0.1, 0.15) is 5.65 Å². The Labute approximate surface area is 98.7 Å². The van der Waals surface area contributed by atoms with Crippen LogP contribution >= 0.6 is 27.5 Å². The molecule has 0 aliphatic rings. The van der Waals surface area contributed by atoms with Gasteiger partial charge in [-0.1, -0.05) is 11.6 Å². The Morgan fingerprint density at radius 1 is 1.67 bits per heavy atom. The summed E-state index contributed by atoms with van der Waals surface area (Å²) in [7, 11) is 1.32. The molecule has 15 heavy (non-hydrogen) atoms. The highest BCUT2D eigenvalue weighted by Crippen LogP contribution is 2.31. The van der Waals surface area contributed by atoms with Crippen LogP contribution in [-0.4, -0.2) is 23.0 Å². The predicted octanol–water partition coefficient (Wildman–Crippen LogP) is 2.77. The van der Waals surface area contributed by atoms with Gasteiger partial charge in [0, 0.05) is 12.4 Å². The summed E-state index contributed by atoms with van der Waals surface area (Å²) in [6.45, 7) is 0. The standard InChI is InChI=1S/C9H6BrClN2O2/c1-15-9(14)4-2-12-8-6(4)7(11)5(10)3-13-8/h2-3H,1H3,(H,12,13). The van der Waals surface area contributed by atoms with E-state index in [-0.39, 0.29) is 0 Å². The molecular weight excluding hydrogens is 283 g/mol. The number of hydrogen-bond donors (Lipinski definition) is 1. The molecule has 0 amide bonds. The molecule has 2 aromatic heterocycles. The van der Waals surface area contributed by atoms with Crippen molar-refractivity contribution in [2.75, 3.05) is 7.11 Å². The normalized spacial score (nSPS) is 10.6. The molecule has 4 nitrogen and oxygen atoms in total. The van der Waals surface area contributed by atoms with E-state index < -0.39 is 5.97 Å². The maximum atomic E-state index is 11.4. The van der Waals surface area contributed by atoms with Crippen molar-refractivity contribution < 1.29 is 9.53 Å². The number of pyridine rings is 1. The quantitative estimate of drug-likeness (QED) is 0.821. The second-order valence-corrected chi connectivity index (χ2v) is 4.07. The summed E-state index contributed by atoms with van der Waals surface area (Å²) in [5, 5.41) is 1.01. The Hall–Kier alpha value is -1.07. The number of ether oxygens (including phenoxy) is 1. The highest BCUT2D eigenvalue weighted by molar-refractivity contribution is 9.10. The van der Waals surface area contributed by atoms with Gasteiger partial charge in [-0.3, -0.25) is 0 Å². The number of esters is 1. The smallest absolute Gasteiger partial charge is 0.340 e. The molecule has 0 saturated carbocycles. The van der Waals surface area contributed by atoms with Gasteiger partial charge in [-0.2, -0.15) is 0 Å². The summed E-state index contributed by atoms with van der Waals surface area (Å²) in [4.78, 5) is 18.3. The van der Waals surface area contributed by atoms with Crippen molar-refractivity contribution in [1.82, 2.24) is 9.97 Å². The second-order valence-electron chi connectivity index (χ2n) is 2.84. The summed E-state index contributed by atoms with van der Waals surface area (Å²) < 4.78 is 5.28. The van der Waals surface area contributed by atoms with Crippen LogP contribution in [0.5, 0.6) is 0 Å². The number of nitrogens with zero attached hydrogens (tertiary/aromatic N) is 1. The average Bonchev–Trinajstić information content (AvgIpc) is 2.67. The van der Waals surface area contributed by atoms with Crippen LogP contribution in [0.15, 0.2) is 16.9 Å². The van der Waals surface area contributed by atoms with E-state index in [0.29, 0.717) is 26.1 Å². The zero-order valence-electron chi connectivity index (χ0n) is 7.67. The van der Waals surface area contributed by atoms with Gasteiger partial charge in [0.15, 0.2) is 0 Å². The molecule has 0 aliphatic carbocycles. The summed E-state index contributed by atoms with van der Waals surface area (Å²) >= 11 is 9.30. The molecule has 0 bridgehead atoms. The van der Waals surface area contributed by atoms with E-state index in [1.807, 2.05) is 0 Å². The van der Waals surface area contributed by atoms with E-state index in [4.69, 9.17) is 11.6 Å². The molecule has 2 aromatic rings. The molecule has 0 saturated heterocycles. The number of carbonyl (C=O) groups is 1. The van der Waals surface area contributed by atoms with Crippen LogP contribution in [0.2, 0.25) is 5.02 Å². The lowest BCUT2D eigenvalue weighted by Gasteiger charge is -2.00. The average molecular weight is 290 g/mol. The largest absolute Gasteiger partial charge is 0.465 e. The first-order valence-electron chi connectivity index (χ1n) is 4.04. The van der Waals surface area contributed by atoms with E-state index in [1.165, 1.54) is 13.3 Å². The van der Waals surface area contributed by atoms with E-state index in [9.17, 15) is 4.79 Å². The molecule has 78 valence electrons. The van der Waals surface area contributed by atoms with Crippen LogP contribution < -0.4 is 0 Å². The Bertz CT molecular complexity index is 538. The number of carbonyl (C=O) groups excluding carboxylic acids is 1. The lowest BCUT2D eigenvalue weighted by atomic mass is 10.2. The lowest BCUT2D eigenvalue weighted by molar-refractivity contribution is 0.0603. The van der Waals surface area contributed by atoms with E-state index in [1.54, 1.807) is 6.20 Å². The summed E-state index contributed by atoms with van der Waals surface area (Å²) in [6, 6.07) is 0. The van der Waals surface area contributed by atoms with E-state index in [2.05, 4.69) is 30.6 Å². The molecular formula is C9H6BrClN2O2. The molecule has 0 aromatic carbocycles. The fourth-order valence-corrected chi connectivity index (χ4v) is 1.85. The van der Waals surface area contributed by atoms with Crippen molar-refractivity contribution in [1.29, 1.82) is 0 Å². The van der Waals surface area contributed by atoms with Crippen molar-refractivity contribution in [2.45, 2.75) is 0 Å². The van der Waals surface area contributed by atoms with Crippen molar-refractivity contribution in [3.05, 3.63) is 27.5 Å². The maximum absolute atomic E-state index is 11.4. The van der Waals surface area contributed by atoms with Crippen LogP contribution in [0.4, 0.5) is 0 Å². The predicted molar refractivity (Wildman–Crippen MR) is 60.1 cm³/mol. The van der Waals surface area contributed by atoms with Crippen LogP contribution in [0.3, 0.4) is 0 Å². The molecule has 0 fully saturated rings. The number of nitrogens with one attached hydrogen (secondary N) is 1. The fraction of sp³-hybridized carbons (Fsp3) is 0.111. The zero-order valence-corrected chi connectivity index (χ0v) is 10.0. The van der Waals surface area contributed by atoms with Crippen LogP contribution in [0.1, 0.15) is 10.4 Å². The number of halogens is 2. The molecule has 0 atom stereocenters. The number of H-pyrrole nitrogens is 1. The minimum atomic E-state index is -0.442. The van der Waals surface area contributed by atoms with Gasteiger partial charge in [-0.25, -0.2) is 9.78 Å². The summed E-state index contributed by atoms with van der Waals surface area (Å²) in [5.41, 5.74) is 0.940. The van der Waals surface area contributed by atoms with Crippen LogP contribution in [0.25, 0.3) is 11.0 Å². The minimum Gasteiger partial charge on any atom is -0.465 e. The monoisotopic (exact) mass is 288 g/mol. The van der Waals surface area contributed by atoms with Gasteiger partial charge in [-0.15, -0.1) is 0 Å². The Morgan fingerprint density at radius 2 is 2.40 bits per heavy atom. The van der Waals surface area contributed by atoms with Crippen molar-refractivity contribution >= 4 is 44.5 Å². The number of rotatable bonds is 1. The minimum absolute atomic E-state index is 0.381. The van der Waals surface area contributed by atoms with Gasteiger partial charge in [0.25, 0.3) is 0 Å². The molecule has 0 unspecified atom stereocenters. The van der Waals surface area contributed by atoms with Crippen LogP contribution in [0, 0.1) is 0 Å². The third-order valence-corrected chi connectivity index (χ3v) is 3.22. The third kappa shape index (κ3) is 1.61. The Morgan fingerprint density at radius 3 is 3.07 bits per heavy atom. The van der Waals surface area contributed by atoms with Crippen molar-refractivity contribution in [3.8, 4) is 0 Å². The molecule has 0 aliphatic heterocycles. The zero-order chi connectivity index (χ0) is 11.0. The topological polar surface area (TPSA) is 55.0 Å². The molecule has 0 radical (unpaired) electrons. The highest BCUT2D eigenvalue weighted by atomic mass is 79.9. The SMILES string of the molecule is COC(=O)c1c[nH]c2ncc(Br)c(Cl)c12. The molecule has 6 heteroatoms. The highest BCUT2D eigenvalue weighted by Gasteiger charge is 2.17. The summed E-state index contributed by atoms with van der Waals surface area (Å²) in [6.07, 6.45) is 3.10. The Balaban J connectivity index is 2.77. The Kier molecular flexibility index (Phi) is 2.67. The molecule has 2 heterocycles. The van der Waals surface area contributed by atoms with Gasteiger partial charge in [0.2, 0.25) is 0 Å². The number of hydrogen-bond acceptors (Lipinski definition) is 3. The van der Waals surface area contributed by atoms with Gasteiger partial charge >= 0.3 is 5.97 Å². The van der Waals surface area contributed by atoms with E-state index in [0.717, 1.165) is 0 Å². The van der Waals surface area contributed by atoms with Gasteiger partial charge in [-0.05, 0) is 15.9 Å². The maximum Gasteiger partial charge on any atom is 0.340 e. The van der Waals surface area contributed by atoms with Gasteiger partial charge in [0.05, 0.1) is 27.6 Å². The van der Waals surface area contributed by atoms with Crippen molar-refractivity contribution in [3.63, 3.8) is 0 Å². The second kappa shape index (κ2) is 3.83. The fourth-order valence-electron chi connectivity index (χ4n) is 1.30. The third-order valence-electron chi connectivity index (χ3n) is 2.00. The van der Waals surface area contributed by atoms with E-state index >= 15 is 0 Å². The van der Waals surface area contributed by atoms with Gasteiger partial charge < -0.3 is 9.72 Å². The number of fused-ring (bicyclic) bond motifs is 1. The van der Waals surface area contributed by atoms with Crippen LogP contribution in [-0.2, 0) is 4.74 Å². The lowest BCUT2D eigenvalue weighted by Crippen LogP contribution is -1.99. The molecule has 2 rings (SSSR count). The van der Waals surface area contributed by atoms with Crippen molar-refractivity contribution in [2.24, 2.45) is 0 Å². The number of aromatic nitrogens is 2.